The minimum Gasteiger partial charge on any atom is -0.395 e. The van der Waals surface area contributed by atoms with Crippen molar-refractivity contribution in [3.63, 3.8) is 0 Å². The summed E-state index contributed by atoms with van der Waals surface area (Å²) >= 11 is 0. The largest absolute Gasteiger partial charge is 0.395 e. The Hall–Kier alpha value is -2.34. The summed E-state index contributed by atoms with van der Waals surface area (Å²) in [4.78, 5) is 11.4. The molecule has 0 aliphatic carbocycles. The van der Waals surface area contributed by atoms with Crippen LogP contribution in [-0.2, 0) is 0 Å². The maximum atomic E-state index is 13.6. The lowest BCUT2D eigenvalue weighted by atomic mass is 10.2. The molecule has 100 valence electrons. The molecule has 0 unspecified atom stereocenters. The van der Waals surface area contributed by atoms with Gasteiger partial charge in [0.25, 0.3) is 0 Å². The van der Waals surface area contributed by atoms with E-state index in [4.69, 9.17) is 5.11 Å². The molecule has 1 aromatic carbocycles. The lowest BCUT2D eigenvalue weighted by Crippen LogP contribution is -2.31. The van der Waals surface area contributed by atoms with E-state index >= 15 is 0 Å². The first-order chi connectivity index (χ1) is 9.20. The van der Waals surface area contributed by atoms with E-state index in [1.807, 2.05) is 24.5 Å². The van der Waals surface area contributed by atoms with Crippen molar-refractivity contribution in [3.8, 4) is 5.69 Å². The van der Waals surface area contributed by atoms with Crippen LogP contribution in [0.4, 0.5) is 14.9 Å². The normalized spacial score (nSPS) is 10.2. The monoisotopic (exact) mass is 263 g/mol. The third-order valence-electron chi connectivity index (χ3n) is 2.50. The van der Waals surface area contributed by atoms with Gasteiger partial charge in [-0.15, -0.1) is 0 Å². The Kier molecular flexibility index (Phi) is 4.15. The summed E-state index contributed by atoms with van der Waals surface area (Å²) in [5, 5.41) is 13.4. The Labute approximate surface area is 109 Å². The Bertz CT molecular complexity index is 555. The van der Waals surface area contributed by atoms with Crippen molar-refractivity contribution < 1.29 is 14.3 Å². The second kappa shape index (κ2) is 6.01. The fourth-order valence-electron chi connectivity index (χ4n) is 1.61. The number of anilines is 1. The van der Waals surface area contributed by atoms with Crippen LogP contribution in [0.1, 0.15) is 0 Å². The molecule has 3 N–H and O–H groups in total. The summed E-state index contributed by atoms with van der Waals surface area (Å²) in [5.74, 6) is -0.518. The van der Waals surface area contributed by atoms with Crippen LogP contribution in [-0.4, -0.2) is 28.9 Å². The van der Waals surface area contributed by atoms with E-state index in [0.29, 0.717) is 0 Å². The van der Waals surface area contributed by atoms with E-state index in [2.05, 4.69) is 10.6 Å². The summed E-state index contributed by atoms with van der Waals surface area (Å²) in [5.41, 5.74) is 0.825. The molecule has 19 heavy (non-hydrogen) atoms. The molecule has 0 bridgehead atoms. The molecular weight excluding hydrogens is 249 g/mol. The van der Waals surface area contributed by atoms with Crippen molar-refractivity contribution in [2.45, 2.75) is 0 Å². The van der Waals surface area contributed by atoms with Gasteiger partial charge in [-0.25, -0.2) is 9.18 Å². The highest BCUT2D eigenvalue weighted by molar-refractivity contribution is 5.89. The summed E-state index contributed by atoms with van der Waals surface area (Å²) in [7, 11) is 0. The number of hydrogen-bond donors (Lipinski definition) is 3. The Morgan fingerprint density at radius 2 is 2.05 bits per heavy atom. The van der Waals surface area contributed by atoms with Gasteiger partial charge in [0.1, 0.15) is 5.82 Å². The van der Waals surface area contributed by atoms with Crippen LogP contribution < -0.4 is 10.6 Å². The summed E-state index contributed by atoms with van der Waals surface area (Å²) in [6.45, 7) is -0.0515. The van der Waals surface area contributed by atoms with Gasteiger partial charge in [-0.2, -0.15) is 0 Å². The van der Waals surface area contributed by atoms with Gasteiger partial charge in [0.05, 0.1) is 12.3 Å². The third-order valence-corrected chi connectivity index (χ3v) is 2.50. The molecule has 2 rings (SSSR count). The zero-order valence-corrected chi connectivity index (χ0v) is 10.1. The number of aromatic nitrogens is 1. The van der Waals surface area contributed by atoms with Crippen molar-refractivity contribution in [2.75, 3.05) is 18.5 Å². The first-order valence-corrected chi connectivity index (χ1v) is 5.79. The van der Waals surface area contributed by atoms with Crippen LogP contribution in [0.2, 0.25) is 0 Å². The molecule has 1 aromatic heterocycles. The number of nitrogens with zero attached hydrogens (tertiary/aromatic N) is 1. The van der Waals surface area contributed by atoms with Gasteiger partial charge in [-0.05, 0) is 30.3 Å². The molecule has 2 amide bonds. The second-order valence-corrected chi connectivity index (χ2v) is 3.86. The quantitative estimate of drug-likeness (QED) is 0.786. The molecule has 0 fully saturated rings. The van der Waals surface area contributed by atoms with Crippen LogP contribution in [0.3, 0.4) is 0 Å². The Balaban J connectivity index is 2.16. The molecule has 0 aliphatic rings. The highest BCUT2D eigenvalue weighted by Crippen LogP contribution is 2.19. The van der Waals surface area contributed by atoms with Gasteiger partial charge in [-0.1, -0.05) is 0 Å². The van der Waals surface area contributed by atoms with E-state index < -0.39 is 11.8 Å². The Morgan fingerprint density at radius 3 is 2.74 bits per heavy atom. The van der Waals surface area contributed by atoms with E-state index in [-0.39, 0.29) is 18.8 Å². The number of rotatable bonds is 4. The van der Waals surface area contributed by atoms with Gasteiger partial charge in [0, 0.05) is 24.6 Å². The number of hydrogen-bond acceptors (Lipinski definition) is 2. The van der Waals surface area contributed by atoms with E-state index in [1.54, 1.807) is 10.6 Å². The number of aliphatic hydroxyl groups is 1. The maximum absolute atomic E-state index is 13.6. The molecule has 2 aromatic rings. The Morgan fingerprint density at radius 1 is 1.32 bits per heavy atom. The standard InChI is InChI=1S/C13H14FN3O2/c14-11-4-3-10(17-6-1-2-7-17)9-12(11)16-13(19)15-5-8-18/h1-4,6-7,9,18H,5,8H2,(H2,15,16,19). The third kappa shape index (κ3) is 3.32. The molecule has 0 spiro atoms. The number of halogens is 1. The highest BCUT2D eigenvalue weighted by Gasteiger charge is 2.08. The zero-order chi connectivity index (χ0) is 13.7. The lowest BCUT2D eigenvalue weighted by molar-refractivity contribution is 0.244. The molecule has 0 saturated heterocycles. The van der Waals surface area contributed by atoms with Crippen LogP contribution in [0.5, 0.6) is 0 Å². The average molecular weight is 263 g/mol. The van der Waals surface area contributed by atoms with E-state index in [9.17, 15) is 9.18 Å². The van der Waals surface area contributed by atoms with Gasteiger partial charge < -0.3 is 20.3 Å². The molecule has 0 saturated carbocycles. The molecule has 6 heteroatoms. The van der Waals surface area contributed by atoms with Crippen molar-refractivity contribution in [2.24, 2.45) is 0 Å². The van der Waals surface area contributed by atoms with Gasteiger partial charge in [0.15, 0.2) is 0 Å². The molecule has 0 aliphatic heterocycles. The molecule has 5 nitrogen and oxygen atoms in total. The maximum Gasteiger partial charge on any atom is 0.319 e. The number of amides is 2. The number of benzene rings is 1. The number of urea groups is 1. The van der Waals surface area contributed by atoms with E-state index in [1.165, 1.54) is 12.1 Å². The lowest BCUT2D eigenvalue weighted by Gasteiger charge is -2.10. The fraction of sp³-hybridized carbons (Fsp3) is 0.154. The molecular formula is C13H14FN3O2. The second-order valence-electron chi connectivity index (χ2n) is 3.86. The van der Waals surface area contributed by atoms with Crippen molar-refractivity contribution in [1.82, 2.24) is 9.88 Å². The number of nitrogens with one attached hydrogen (secondary N) is 2. The first-order valence-electron chi connectivity index (χ1n) is 5.79. The minimum atomic E-state index is -0.558. The van der Waals surface area contributed by atoms with E-state index in [0.717, 1.165) is 5.69 Å². The number of aliphatic hydroxyl groups excluding tert-OH is 1. The van der Waals surface area contributed by atoms with Crippen LogP contribution in [0.15, 0.2) is 42.7 Å². The molecule has 0 radical (unpaired) electrons. The summed E-state index contributed by atoms with van der Waals surface area (Å²) in [6, 6.07) is 7.59. The fourth-order valence-corrected chi connectivity index (χ4v) is 1.61. The smallest absolute Gasteiger partial charge is 0.319 e. The molecule has 1 heterocycles. The van der Waals surface area contributed by atoms with Crippen molar-refractivity contribution in [3.05, 3.63) is 48.5 Å². The van der Waals surface area contributed by atoms with Crippen LogP contribution >= 0.6 is 0 Å². The predicted molar refractivity (Wildman–Crippen MR) is 69.8 cm³/mol. The zero-order valence-electron chi connectivity index (χ0n) is 10.1. The topological polar surface area (TPSA) is 66.3 Å². The first kappa shape index (κ1) is 13.1. The highest BCUT2D eigenvalue weighted by atomic mass is 19.1. The van der Waals surface area contributed by atoms with Crippen LogP contribution in [0.25, 0.3) is 5.69 Å². The minimum absolute atomic E-state index is 0.0849. The van der Waals surface area contributed by atoms with Gasteiger partial charge >= 0.3 is 6.03 Å². The summed E-state index contributed by atoms with van der Waals surface area (Å²) < 4.78 is 15.4. The van der Waals surface area contributed by atoms with Crippen molar-refractivity contribution in [1.29, 1.82) is 0 Å². The number of carbonyl (C=O) groups is 1. The number of carbonyl (C=O) groups excluding carboxylic acids is 1. The van der Waals surface area contributed by atoms with Crippen LogP contribution in [0, 0.1) is 5.82 Å². The predicted octanol–water partition coefficient (Wildman–Crippen LogP) is 1.73. The molecule has 0 atom stereocenters. The van der Waals surface area contributed by atoms with Gasteiger partial charge in [0.2, 0.25) is 0 Å². The average Bonchev–Trinajstić information content (AvgIpc) is 2.93. The summed E-state index contributed by atoms with van der Waals surface area (Å²) in [6.07, 6.45) is 3.64. The SMILES string of the molecule is O=C(NCCO)Nc1cc(-n2cccc2)ccc1F. The van der Waals surface area contributed by atoms with Gasteiger partial charge in [-0.3, -0.25) is 0 Å². The van der Waals surface area contributed by atoms with Crippen molar-refractivity contribution >= 4 is 11.7 Å².